The highest BCUT2D eigenvalue weighted by molar-refractivity contribution is 5.59. The van der Waals surface area contributed by atoms with Gasteiger partial charge in [0, 0.05) is 37.1 Å². The Morgan fingerprint density at radius 1 is 1.28 bits per heavy atom. The van der Waals surface area contributed by atoms with Crippen molar-refractivity contribution in [1.29, 1.82) is 0 Å². The molecule has 0 atom stereocenters. The van der Waals surface area contributed by atoms with E-state index in [2.05, 4.69) is 52.7 Å². The zero-order chi connectivity index (χ0) is 17.2. The van der Waals surface area contributed by atoms with Crippen LogP contribution in [0.1, 0.15) is 41.9 Å². The molecule has 0 bridgehead atoms. The van der Waals surface area contributed by atoms with Gasteiger partial charge >= 0.3 is 0 Å². The molecule has 0 spiro atoms. The highest BCUT2D eigenvalue weighted by atomic mass is 15.1. The summed E-state index contributed by atoms with van der Waals surface area (Å²) in [4.78, 5) is 11.6. The molecule has 1 fully saturated rings. The average molecular weight is 336 g/mol. The Morgan fingerprint density at radius 2 is 2.16 bits per heavy atom. The molecule has 5 nitrogen and oxygen atoms in total. The zero-order valence-corrected chi connectivity index (χ0v) is 14.9. The van der Waals surface area contributed by atoms with Crippen LogP contribution in [0.3, 0.4) is 0 Å². The molecular formula is C20H26N5. The van der Waals surface area contributed by atoms with Gasteiger partial charge in [0.1, 0.15) is 5.82 Å². The molecule has 25 heavy (non-hydrogen) atoms. The molecule has 4 rings (SSSR count). The Hall–Kier alpha value is -2.14. The molecule has 1 radical (unpaired) electrons. The van der Waals surface area contributed by atoms with Crippen molar-refractivity contribution >= 4 is 17.5 Å². The summed E-state index contributed by atoms with van der Waals surface area (Å²) in [5, 5.41) is 6.78. The molecule has 5 heteroatoms. The second kappa shape index (κ2) is 7.00. The summed E-state index contributed by atoms with van der Waals surface area (Å²) in [5.41, 5.74) is 5.15. The number of benzene rings is 1. The largest absolute Gasteiger partial charge is 0.370 e. The number of rotatable bonds is 6. The van der Waals surface area contributed by atoms with Gasteiger partial charge in [0.2, 0.25) is 5.95 Å². The van der Waals surface area contributed by atoms with Gasteiger partial charge in [0.25, 0.3) is 0 Å². The van der Waals surface area contributed by atoms with Gasteiger partial charge in [-0.15, -0.1) is 0 Å². The zero-order valence-electron chi connectivity index (χ0n) is 14.9. The fourth-order valence-electron chi connectivity index (χ4n) is 3.39. The van der Waals surface area contributed by atoms with Crippen molar-refractivity contribution in [3.63, 3.8) is 0 Å². The van der Waals surface area contributed by atoms with Crippen LogP contribution < -0.4 is 10.6 Å². The highest BCUT2D eigenvalue weighted by Crippen LogP contribution is 2.42. The summed E-state index contributed by atoms with van der Waals surface area (Å²) in [6.07, 6.45) is 6.41. The van der Waals surface area contributed by atoms with E-state index < -0.39 is 0 Å². The third-order valence-corrected chi connectivity index (χ3v) is 4.97. The lowest BCUT2D eigenvalue weighted by Gasteiger charge is -2.25. The molecule has 1 aliphatic heterocycles. The average Bonchev–Trinajstić information content (AvgIpc) is 3.45. The molecule has 0 amide bonds. The minimum absolute atomic E-state index is 0.627. The minimum atomic E-state index is 0.627. The van der Waals surface area contributed by atoms with E-state index in [1.807, 2.05) is 6.20 Å². The SMILES string of the molecule is [CH2]CCNc1nc(Nc2ccc3c(c2)CCN(C)C3)ncc1C1CC1. The van der Waals surface area contributed by atoms with E-state index >= 15 is 0 Å². The van der Waals surface area contributed by atoms with E-state index in [0.717, 1.165) is 44.0 Å². The highest BCUT2D eigenvalue weighted by Gasteiger charge is 2.27. The van der Waals surface area contributed by atoms with Gasteiger partial charge in [0.05, 0.1) is 0 Å². The summed E-state index contributed by atoms with van der Waals surface area (Å²) in [6.45, 7) is 6.88. The molecule has 0 unspecified atom stereocenters. The first-order valence-electron chi connectivity index (χ1n) is 9.20. The Kier molecular flexibility index (Phi) is 4.57. The van der Waals surface area contributed by atoms with Crippen LogP contribution in [0.5, 0.6) is 0 Å². The lowest BCUT2D eigenvalue weighted by Crippen LogP contribution is -2.26. The molecule has 131 valence electrons. The summed E-state index contributed by atoms with van der Waals surface area (Å²) in [6, 6.07) is 6.58. The van der Waals surface area contributed by atoms with Crippen molar-refractivity contribution in [2.45, 2.75) is 38.1 Å². The first-order valence-corrected chi connectivity index (χ1v) is 9.20. The third-order valence-electron chi connectivity index (χ3n) is 4.97. The van der Waals surface area contributed by atoms with E-state index in [4.69, 9.17) is 4.98 Å². The van der Waals surface area contributed by atoms with Crippen LogP contribution in [0.2, 0.25) is 0 Å². The fourth-order valence-corrected chi connectivity index (χ4v) is 3.39. The van der Waals surface area contributed by atoms with Gasteiger partial charge < -0.3 is 15.5 Å². The van der Waals surface area contributed by atoms with Gasteiger partial charge in [-0.3, -0.25) is 0 Å². The van der Waals surface area contributed by atoms with Gasteiger partial charge in [0.15, 0.2) is 0 Å². The molecule has 2 N–H and O–H groups in total. The van der Waals surface area contributed by atoms with Gasteiger partial charge in [-0.25, -0.2) is 4.98 Å². The molecule has 2 aromatic rings. The molecule has 1 aromatic heterocycles. The number of nitrogens with zero attached hydrogens (tertiary/aromatic N) is 3. The lowest BCUT2D eigenvalue weighted by molar-refractivity contribution is 0.313. The van der Waals surface area contributed by atoms with E-state index in [1.165, 1.54) is 29.5 Å². The fraction of sp³-hybridized carbons (Fsp3) is 0.450. The van der Waals surface area contributed by atoms with Gasteiger partial charge in [-0.1, -0.05) is 13.0 Å². The smallest absolute Gasteiger partial charge is 0.229 e. The van der Waals surface area contributed by atoms with Crippen LogP contribution >= 0.6 is 0 Å². The number of likely N-dealkylation sites (N-methyl/N-ethyl adjacent to an activating group) is 1. The number of fused-ring (bicyclic) bond motifs is 1. The Labute approximate surface area is 149 Å². The van der Waals surface area contributed by atoms with Crippen molar-refractivity contribution < 1.29 is 0 Å². The van der Waals surface area contributed by atoms with E-state index in [-0.39, 0.29) is 0 Å². The predicted octanol–water partition coefficient (Wildman–Crippen LogP) is 3.72. The summed E-state index contributed by atoms with van der Waals surface area (Å²) < 4.78 is 0. The number of hydrogen-bond donors (Lipinski definition) is 2. The molecule has 2 aliphatic rings. The minimum Gasteiger partial charge on any atom is -0.370 e. The number of anilines is 3. The summed E-state index contributed by atoms with van der Waals surface area (Å²) in [5.74, 6) is 2.24. The molecule has 1 aliphatic carbocycles. The third kappa shape index (κ3) is 3.76. The van der Waals surface area contributed by atoms with Crippen molar-refractivity contribution in [2.75, 3.05) is 30.8 Å². The van der Waals surface area contributed by atoms with Crippen LogP contribution in [-0.2, 0) is 13.0 Å². The van der Waals surface area contributed by atoms with Crippen LogP contribution in [0, 0.1) is 6.92 Å². The van der Waals surface area contributed by atoms with Crippen LogP contribution in [0.4, 0.5) is 17.5 Å². The number of hydrogen-bond acceptors (Lipinski definition) is 5. The lowest BCUT2D eigenvalue weighted by atomic mass is 9.99. The Balaban J connectivity index is 1.54. The topological polar surface area (TPSA) is 53.1 Å². The van der Waals surface area contributed by atoms with Gasteiger partial charge in [-0.2, -0.15) is 4.98 Å². The summed E-state index contributed by atoms with van der Waals surface area (Å²) in [7, 11) is 2.17. The molecule has 1 aromatic carbocycles. The van der Waals surface area contributed by atoms with Crippen LogP contribution in [-0.4, -0.2) is 35.0 Å². The number of nitrogens with one attached hydrogen (secondary N) is 2. The van der Waals surface area contributed by atoms with Crippen molar-refractivity contribution in [3.05, 3.63) is 48.0 Å². The molecular weight excluding hydrogens is 310 g/mol. The molecule has 2 heterocycles. The van der Waals surface area contributed by atoms with Crippen LogP contribution in [0.25, 0.3) is 0 Å². The van der Waals surface area contributed by atoms with Crippen molar-refractivity contribution in [3.8, 4) is 0 Å². The Bertz CT molecular complexity index is 754. The second-order valence-corrected chi connectivity index (χ2v) is 7.15. The maximum atomic E-state index is 4.72. The van der Waals surface area contributed by atoms with Gasteiger partial charge in [-0.05, 0) is 61.9 Å². The first kappa shape index (κ1) is 16.3. The second-order valence-electron chi connectivity index (χ2n) is 7.15. The molecule has 1 saturated carbocycles. The normalized spacial score (nSPS) is 17.2. The van der Waals surface area contributed by atoms with Crippen molar-refractivity contribution in [2.24, 2.45) is 0 Å². The molecule has 0 saturated heterocycles. The quantitative estimate of drug-likeness (QED) is 0.842. The maximum absolute atomic E-state index is 4.72. The van der Waals surface area contributed by atoms with Crippen molar-refractivity contribution in [1.82, 2.24) is 14.9 Å². The van der Waals surface area contributed by atoms with E-state index in [9.17, 15) is 0 Å². The maximum Gasteiger partial charge on any atom is 0.229 e. The van der Waals surface area contributed by atoms with Crippen LogP contribution in [0.15, 0.2) is 24.4 Å². The summed E-state index contributed by atoms with van der Waals surface area (Å²) >= 11 is 0. The van der Waals surface area contributed by atoms with E-state index in [1.54, 1.807) is 0 Å². The first-order chi connectivity index (χ1) is 12.2. The standard InChI is InChI=1S/C20H26N5/c1-3-9-21-19-18(14-4-5-14)12-22-20(24-19)23-17-7-6-16-13-25(2)10-8-15(16)11-17/h6-7,11-12,14H,1,3-5,8-10,13H2,2H3,(H2,21,22,23,24). The van der Waals surface area contributed by atoms with E-state index in [0.29, 0.717) is 11.9 Å². The number of aromatic nitrogens is 2. The predicted molar refractivity (Wildman–Crippen MR) is 102 cm³/mol. The monoisotopic (exact) mass is 336 g/mol. The Morgan fingerprint density at radius 3 is 2.96 bits per heavy atom.